The van der Waals surface area contributed by atoms with Gasteiger partial charge < -0.3 is 9.72 Å². The van der Waals surface area contributed by atoms with Crippen LogP contribution in [0.25, 0.3) is 16.9 Å². The largest absolute Gasteiger partial charge is 0.479 e. The smallest absolute Gasteiger partial charge is 0.242 e. The lowest BCUT2D eigenvalue weighted by Crippen LogP contribution is -1.97. The maximum atomic E-state index is 13.7. The van der Waals surface area contributed by atoms with Gasteiger partial charge in [-0.1, -0.05) is 0 Å². The normalized spacial score (nSPS) is 10.9. The van der Waals surface area contributed by atoms with Gasteiger partial charge in [-0.2, -0.15) is 4.98 Å². The van der Waals surface area contributed by atoms with Crippen LogP contribution in [0.3, 0.4) is 0 Å². The molecule has 0 atom stereocenters. The average Bonchev–Trinajstić information content (AvgIpc) is 2.78. The van der Waals surface area contributed by atoms with Crippen LogP contribution in [0.5, 0.6) is 5.88 Å². The van der Waals surface area contributed by atoms with E-state index in [1.54, 1.807) is 16.7 Å². The minimum atomic E-state index is -0.375. The molecule has 0 amide bonds. The van der Waals surface area contributed by atoms with Gasteiger partial charge in [0, 0.05) is 0 Å². The highest BCUT2D eigenvalue weighted by Crippen LogP contribution is 2.25. The lowest BCUT2D eigenvalue weighted by atomic mass is 10.3. The molecule has 2 aromatic heterocycles. The number of nitrogens with one attached hydrogen (secondary N) is 1. The van der Waals surface area contributed by atoms with Gasteiger partial charge in [0.05, 0.1) is 17.3 Å². The van der Waals surface area contributed by atoms with Gasteiger partial charge in [0.2, 0.25) is 5.88 Å². The van der Waals surface area contributed by atoms with Gasteiger partial charge >= 0.3 is 0 Å². The summed E-state index contributed by atoms with van der Waals surface area (Å²) in [7, 11) is 1.51. The fourth-order valence-electron chi connectivity index (χ4n) is 1.92. The van der Waals surface area contributed by atoms with Crippen LogP contribution in [0.1, 0.15) is 0 Å². The van der Waals surface area contributed by atoms with Gasteiger partial charge in [-0.25, -0.2) is 9.37 Å². The summed E-state index contributed by atoms with van der Waals surface area (Å²) in [5, 5.41) is 0. The van der Waals surface area contributed by atoms with Crippen molar-refractivity contribution in [3.63, 3.8) is 0 Å². The molecule has 1 N–H and O–H groups in total. The van der Waals surface area contributed by atoms with E-state index in [-0.39, 0.29) is 5.82 Å². The molecular formula is C12H8BrFN4OS. The molecule has 3 aromatic rings. The van der Waals surface area contributed by atoms with Crippen LogP contribution in [-0.4, -0.2) is 26.6 Å². The number of hydrogen-bond donors (Lipinski definition) is 1. The summed E-state index contributed by atoms with van der Waals surface area (Å²) in [5.41, 5.74) is 1.68. The Morgan fingerprint density at radius 3 is 2.90 bits per heavy atom. The fraction of sp³-hybridized carbons (Fsp3) is 0.0833. The summed E-state index contributed by atoms with van der Waals surface area (Å²) in [6.45, 7) is 0. The molecule has 1 aromatic carbocycles. The van der Waals surface area contributed by atoms with E-state index >= 15 is 0 Å². The highest BCUT2D eigenvalue weighted by atomic mass is 79.9. The molecular weight excluding hydrogens is 347 g/mol. The Bertz CT molecular complexity index is 860. The number of fused-ring (bicyclic) bond motifs is 1. The first-order valence-electron chi connectivity index (χ1n) is 5.57. The predicted octanol–water partition coefficient (Wildman–Crippen LogP) is 3.39. The summed E-state index contributed by atoms with van der Waals surface area (Å²) >= 11 is 8.39. The Morgan fingerprint density at radius 1 is 1.40 bits per heavy atom. The molecule has 0 radical (unpaired) electrons. The molecule has 0 bridgehead atoms. The molecule has 0 saturated carbocycles. The molecule has 3 rings (SSSR count). The number of ether oxygens (including phenoxy) is 1. The second-order valence-electron chi connectivity index (χ2n) is 3.95. The zero-order chi connectivity index (χ0) is 14.3. The quantitative estimate of drug-likeness (QED) is 0.716. The highest BCUT2D eigenvalue weighted by Gasteiger charge is 2.13. The third kappa shape index (κ3) is 2.01. The zero-order valence-electron chi connectivity index (χ0n) is 10.2. The van der Waals surface area contributed by atoms with E-state index in [9.17, 15) is 4.39 Å². The first-order valence-corrected chi connectivity index (χ1v) is 6.77. The SMILES string of the molecule is COc1ncnc2c1[nH]c(=S)n2-c1ccc(Br)c(F)c1. The minimum Gasteiger partial charge on any atom is -0.479 e. The van der Waals surface area contributed by atoms with Crippen LogP contribution < -0.4 is 4.74 Å². The molecule has 8 heteroatoms. The van der Waals surface area contributed by atoms with Crippen LogP contribution >= 0.6 is 28.1 Å². The lowest BCUT2D eigenvalue weighted by molar-refractivity contribution is 0.401. The molecule has 0 aliphatic rings. The third-order valence-electron chi connectivity index (χ3n) is 2.79. The number of imidazole rings is 1. The van der Waals surface area contributed by atoms with E-state index in [2.05, 4.69) is 30.9 Å². The van der Waals surface area contributed by atoms with Crippen molar-refractivity contribution >= 4 is 39.3 Å². The van der Waals surface area contributed by atoms with E-state index < -0.39 is 0 Å². The summed E-state index contributed by atoms with van der Waals surface area (Å²) in [4.78, 5) is 11.2. The fourth-order valence-corrected chi connectivity index (χ4v) is 2.46. The molecule has 0 aliphatic carbocycles. The van der Waals surface area contributed by atoms with E-state index in [1.165, 1.54) is 19.5 Å². The first kappa shape index (κ1) is 13.2. The third-order valence-corrected chi connectivity index (χ3v) is 3.72. The second-order valence-corrected chi connectivity index (χ2v) is 5.19. The summed E-state index contributed by atoms with van der Waals surface area (Å²) < 4.78 is 21.2. The van der Waals surface area contributed by atoms with Crippen molar-refractivity contribution in [1.29, 1.82) is 0 Å². The predicted molar refractivity (Wildman–Crippen MR) is 78.3 cm³/mol. The minimum absolute atomic E-state index is 0.375. The topological polar surface area (TPSA) is 55.7 Å². The van der Waals surface area contributed by atoms with Crippen molar-refractivity contribution in [3.8, 4) is 11.6 Å². The van der Waals surface area contributed by atoms with Gasteiger partial charge in [0.15, 0.2) is 10.4 Å². The molecule has 0 aliphatic heterocycles. The van der Waals surface area contributed by atoms with Crippen LogP contribution in [0.15, 0.2) is 29.0 Å². The van der Waals surface area contributed by atoms with Crippen molar-refractivity contribution in [2.75, 3.05) is 7.11 Å². The molecule has 0 fully saturated rings. The Morgan fingerprint density at radius 2 is 2.20 bits per heavy atom. The molecule has 5 nitrogen and oxygen atoms in total. The zero-order valence-corrected chi connectivity index (χ0v) is 12.6. The lowest BCUT2D eigenvalue weighted by Gasteiger charge is -2.05. The average molecular weight is 355 g/mol. The number of benzene rings is 1. The number of methoxy groups -OCH3 is 1. The van der Waals surface area contributed by atoms with Gasteiger partial charge in [-0.15, -0.1) is 0 Å². The van der Waals surface area contributed by atoms with E-state index in [0.29, 0.717) is 32.0 Å². The van der Waals surface area contributed by atoms with E-state index in [4.69, 9.17) is 17.0 Å². The van der Waals surface area contributed by atoms with Crippen LogP contribution in [0, 0.1) is 10.6 Å². The summed E-state index contributed by atoms with van der Waals surface area (Å²) in [5.74, 6) is 0.0113. The molecule has 0 saturated heterocycles. The van der Waals surface area contributed by atoms with Crippen molar-refractivity contribution in [3.05, 3.63) is 39.6 Å². The molecule has 102 valence electrons. The monoisotopic (exact) mass is 354 g/mol. The maximum Gasteiger partial charge on any atom is 0.242 e. The Labute approximate surface area is 126 Å². The van der Waals surface area contributed by atoms with Crippen LogP contribution in [0.4, 0.5) is 4.39 Å². The van der Waals surface area contributed by atoms with Crippen molar-refractivity contribution in [2.45, 2.75) is 0 Å². The van der Waals surface area contributed by atoms with Gasteiger partial charge in [-0.05, 0) is 46.3 Å². The molecule has 0 spiro atoms. The molecule has 2 heterocycles. The van der Waals surface area contributed by atoms with Gasteiger partial charge in [0.1, 0.15) is 17.7 Å². The number of rotatable bonds is 2. The Balaban J connectivity index is 2.33. The van der Waals surface area contributed by atoms with Crippen LogP contribution in [0.2, 0.25) is 0 Å². The number of halogens is 2. The van der Waals surface area contributed by atoms with E-state index in [0.717, 1.165) is 0 Å². The van der Waals surface area contributed by atoms with Crippen molar-refractivity contribution in [1.82, 2.24) is 19.5 Å². The number of H-pyrrole nitrogens is 1. The molecule has 0 unspecified atom stereocenters. The Kier molecular flexibility index (Phi) is 3.27. The molecule has 20 heavy (non-hydrogen) atoms. The van der Waals surface area contributed by atoms with Crippen molar-refractivity contribution in [2.24, 2.45) is 0 Å². The Hall–Kier alpha value is -1.80. The van der Waals surface area contributed by atoms with Crippen LogP contribution in [-0.2, 0) is 0 Å². The number of nitrogens with zero attached hydrogens (tertiary/aromatic N) is 3. The maximum absolute atomic E-state index is 13.7. The number of aromatic amines is 1. The van der Waals surface area contributed by atoms with Gasteiger partial charge in [-0.3, -0.25) is 4.57 Å². The number of hydrogen-bond acceptors (Lipinski definition) is 4. The standard InChI is InChI=1S/C12H8BrFN4OS/c1-19-11-9-10(15-5-16-11)18(12(20)17-9)6-2-3-7(13)8(14)4-6/h2-5H,1H3,(H,17,20). The van der Waals surface area contributed by atoms with Crippen molar-refractivity contribution < 1.29 is 9.13 Å². The first-order chi connectivity index (χ1) is 9.61. The summed E-state index contributed by atoms with van der Waals surface area (Å²) in [6, 6.07) is 4.73. The summed E-state index contributed by atoms with van der Waals surface area (Å²) in [6.07, 6.45) is 1.37. The highest BCUT2D eigenvalue weighted by molar-refractivity contribution is 9.10. The van der Waals surface area contributed by atoms with Gasteiger partial charge in [0.25, 0.3) is 0 Å². The number of aromatic nitrogens is 4. The van der Waals surface area contributed by atoms with E-state index in [1.807, 2.05) is 0 Å². The second kappa shape index (κ2) is 4.95.